The number of H-pyrrole nitrogens is 1. The second-order valence-electron chi connectivity index (χ2n) is 21.1. The molecule has 406 valence electrons. The third-order valence-electron chi connectivity index (χ3n) is 15.3. The number of anilines is 2. The van der Waals surface area contributed by atoms with Crippen LogP contribution in [0.4, 0.5) is 20.3 Å². The SMILES string of the molecule is Cc1ncsc1-c1ccc([C@@]2(C)N=C([C@@H]3CCCN3C(=O)C(c3cc(OCCN4CC[C@H](NC(=O)c5cc6c(cc5CS(C)(=O)=O)-c5cn(C)c(=O)c7[nH]cc(c57)CN6c5ncc(F)cc5F)C4)no3)C(C)C)NC2=O)cc1. The van der Waals surface area contributed by atoms with E-state index in [0.29, 0.717) is 84.4 Å². The van der Waals surface area contributed by atoms with E-state index in [9.17, 15) is 32.0 Å². The number of hydrogen-bond donors (Lipinski definition) is 3. The van der Waals surface area contributed by atoms with Crippen molar-refractivity contribution in [1.82, 2.24) is 45.1 Å². The number of amidine groups is 1. The number of aromatic nitrogens is 5. The monoisotopic (exact) mass is 1100 g/mol. The zero-order valence-corrected chi connectivity index (χ0v) is 45.4. The Morgan fingerprint density at radius 2 is 1.85 bits per heavy atom. The third kappa shape index (κ3) is 9.75. The lowest BCUT2D eigenvalue weighted by Gasteiger charge is -2.29. The van der Waals surface area contributed by atoms with E-state index in [1.807, 2.05) is 50.5 Å². The lowest BCUT2D eigenvalue weighted by Crippen LogP contribution is -2.48. The molecule has 2 fully saturated rings. The summed E-state index contributed by atoms with van der Waals surface area (Å²) in [5.41, 5.74) is 5.42. The Balaban J connectivity index is 0.754. The number of pyridine rings is 2. The molecule has 0 aliphatic carbocycles. The number of rotatable bonds is 15. The Morgan fingerprint density at radius 1 is 1.05 bits per heavy atom. The number of amides is 3. The number of nitrogens with zero attached hydrogens (tertiary/aromatic N) is 8. The first kappa shape index (κ1) is 52.4. The van der Waals surface area contributed by atoms with Crippen molar-refractivity contribution in [1.29, 1.82) is 0 Å². The molecule has 7 aromatic rings. The molecule has 0 spiro atoms. The van der Waals surface area contributed by atoms with Gasteiger partial charge in [-0.15, -0.1) is 11.3 Å². The average Bonchev–Trinajstić information content (AvgIpc) is 4.47. The van der Waals surface area contributed by atoms with Crippen LogP contribution in [0.5, 0.6) is 5.88 Å². The summed E-state index contributed by atoms with van der Waals surface area (Å²) < 4.78 is 69.1. The molecule has 4 atom stereocenters. The number of aliphatic imine (C=N–C) groups is 1. The first-order valence-electron chi connectivity index (χ1n) is 25.7. The summed E-state index contributed by atoms with van der Waals surface area (Å²) in [4.78, 5) is 78.7. The lowest BCUT2D eigenvalue weighted by molar-refractivity contribution is -0.134. The van der Waals surface area contributed by atoms with Gasteiger partial charge >= 0.3 is 0 Å². The predicted molar refractivity (Wildman–Crippen MR) is 289 cm³/mol. The molecular weight excluding hydrogens is 1040 g/mol. The number of thiazole rings is 1. The minimum Gasteiger partial charge on any atom is -0.474 e. The minimum absolute atomic E-state index is 0.0230. The molecule has 11 rings (SSSR count). The lowest BCUT2D eigenvalue weighted by atomic mass is 9.91. The molecule has 0 radical (unpaired) electrons. The molecule has 4 aliphatic heterocycles. The number of hydrogen-bond acceptors (Lipinski definition) is 15. The fourth-order valence-corrected chi connectivity index (χ4v) is 13.0. The highest BCUT2D eigenvalue weighted by Gasteiger charge is 2.47. The van der Waals surface area contributed by atoms with Gasteiger partial charge in [0.1, 0.15) is 29.7 Å². The van der Waals surface area contributed by atoms with Crippen molar-refractivity contribution >= 4 is 67.1 Å². The van der Waals surface area contributed by atoms with Crippen molar-refractivity contribution in [3.05, 3.63) is 128 Å². The van der Waals surface area contributed by atoms with E-state index < -0.39 is 50.6 Å². The standard InChI is InChI=1S/C55H57F2N11O8S2/c1-29(2)45(52(70)67-14-7-8-41(67)49-62-54(72)55(4,63-49)34-11-9-31(10-12-34)48-30(3)60-28-77-48)43-21-44(64-76-43)75-17-16-66-15-13-36(25-66)61-51(69)37-20-42-38(18-32(37)27-78(6,73)74)39-26-65(5)53(71)47-46(39)33(22-58-47)24-68(42)50-40(57)19-35(56)23-59-50/h9-12,18-23,26,28-29,36,41,45,58H,7-8,13-17,24-25,27H2,1-6H3,(H,61,69)(H,62,63,72)/t36-,41-,45?,55+/m0/s1. The molecule has 3 N–H and O–H groups in total. The Labute approximate surface area is 451 Å². The maximum atomic E-state index is 15.7. The summed E-state index contributed by atoms with van der Waals surface area (Å²) in [5.74, 6) is -3.38. The second kappa shape index (κ2) is 20.3. The van der Waals surface area contributed by atoms with Crippen LogP contribution >= 0.6 is 11.3 Å². The number of aryl methyl sites for hydroxylation is 2. The largest absolute Gasteiger partial charge is 0.474 e. The van der Waals surface area contributed by atoms with E-state index in [1.54, 1.807) is 54.7 Å². The summed E-state index contributed by atoms with van der Waals surface area (Å²) in [6.07, 6.45) is 7.14. The molecule has 0 saturated carbocycles. The average molecular weight is 1100 g/mol. The molecule has 78 heavy (non-hydrogen) atoms. The van der Waals surface area contributed by atoms with Gasteiger partial charge in [0.25, 0.3) is 23.3 Å². The predicted octanol–water partition coefficient (Wildman–Crippen LogP) is 6.88. The topological polar surface area (TPSA) is 230 Å². The summed E-state index contributed by atoms with van der Waals surface area (Å²) in [6.45, 7) is 9.80. The summed E-state index contributed by atoms with van der Waals surface area (Å²) in [7, 11) is -2.13. The normalized spacial score (nSPS) is 19.8. The van der Waals surface area contributed by atoms with Crippen LogP contribution in [0.1, 0.15) is 84.5 Å². The zero-order valence-electron chi connectivity index (χ0n) is 43.7. The number of aromatic amines is 1. The van der Waals surface area contributed by atoms with E-state index >= 15 is 4.39 Å². The Bertz CT molecular complexity index is 3760. The number of likely N-dealkylation sites (tertiary alicyclic amines) is 2. The highest BCUT2D eigenvalue weighted by Crippen LogP contribution is 2.45. The molecule has 9 heterocycles. The van der Waals surface area contributed by atoms with Gasteiger partial charge in [-0.05, 0) is 78.6 Å². The quantitative estimate of drug-likeness (QED) is 0.0952. The molecule has 2 saturated heterocycles. The van der Waals surface area contributed by atoms with Gasteiger partial charge in [-0.3, -0.25) is 24.1 Å². The third-order valence-corrected chi connectivity index (χ3v) is 17.1. The highest BCUT2D eigenvalue weighted by molar-refractivity contribution is 7.89. The summed E-state index contributed by atoms with van der Waals surface area (Å²) in [6, 6.07) is 12.5. The number of fused-ring (bicyclic) bond motifs is 2. The van der Waals surface area contributed by atoms with Gasteiger partial charge in [-0.25, -0.2) is 32.2 Å². The molecule has 4 aliphatic rings. The van der Waals surface area contributed by atoms with Crippen LogP contribution in [0.2, 0.25) is 0 Å². The van der Waals surface area contributed by atoms with E-state index in [2.05, 4.69) is 35.6 Å². The van der Waals surface area contributed by atoms with Crippen molar-refractivity contribution in [2.24, 2.45) is 18.0 Å². The number of halogens is 2. The van der Waals surface area contributed by atoms with Crippen molar-refractivity contribution < 1.29 is 40.8 Å². The fraction of sp³-hybridized carbons (Fsp3) is 0.382. The van der Waals surface area contributed by atoms with Crippen LogP contribution in [0, 0.1) is 24.5 Å². The van der Waals surface area contributed by atoms with Crippen molar-refractivity contribution in [2.45, 2.75) is 82.8 Å². The van der Waals surface area contributed by atoms with Gasteiger partial charge in [-0.1, -0.05) is 38.1 Å². The van der Waals surface area contributed by atoms with Crippen LogP contribution < -0.4 is 25.8 Å². The molecular formula is C55H57F2N11O8S2. The first-order chi connectivity index (χ1) is 37.2. The van der Waals surface area contributed by atoms with Gasteiger partial charge in [0.05, 0.1) is 46.3 Å². The number of carbonyl (C=O) groups excluding carboxylic acids is 3. The summed E-state index contributed by atoms with van der Waals surface area (Å²) in [5, 5.41) is 10.8. The van der Waals surface area contributed by atoms with Gasteiger partial charge < -0.3 is 39.2 Å². The van der Waals surface area contributed by atoms with Crippen LogP contribution in [0.25, 0.3) is 32.5 Å². The minimum atomic E-state index is -3.71. The van der Waals surface area contributed by atoms with Crippen molar-refractivity contribution in [3.8, 4) is 27.4 Å². The van der Waals surface area contributed by atoms with Gasteiger partial charge in [0, 0.05) is 92.1 Å². The van der Waals surface area contributed by atoms with Crippen LogP contribution in [-0.4, -0.2) is 118 Å². The zero-order chi connectivity index (χ0) is 54.9. The first-order valence-corrected chi connectivity index (χ1v) is 28.7. The number of ether oxygens (including phenoxy) is 1. The molecule has 5 aromatic heterocycles. The summed E-state index contributed by atoms with van der Waals surface area (Å²) >= 11 is 1.56. The van der Waals surface area contributed by atoms with Gasteiger partial charge in [-0.2, -0.15) is 0 Å². The van der Waals surface area contributed by atoms with E-state index in [-0.39, 0.29) is 70.8 Å². The van der Waals surface area contributed by atoms with Crippen molar-refractivity contribution in [3.63, 3.8) is 0 Å². The molecule has 3 amide bonds. The van der Waals surface area contributed by atoms with E-state index in [1.165, 1.54) is 15.5 Å². The fourth-order valence-electron chi connectivity index (χ4n) is 11.3. The van der Waals surface area contributed by atoms with Gasteiger partial charge in [0.15, 0.2) is 32.8 Å². The highest BCUT2D eigenvalue weighted by atomic mass is 32.2. The number of benzene rings is 2. The van der Waals surface area contributed by atoms with Crippen LogP contribution in [0.15, 0.2) is 86.9 Å². The maximum Gasteiger partial charge on any atom is 0.274 e. The number of nitrogens with one attached hydrogen (secondary N) is 3. The van der Waals surface area contributed by atoms with Gasteiger partial charge in [0.2, 0.25) is 5.91 Å². The molecule has 2 aromatic carbocycles. The molecule has 1 unspecified atom stereocenters. The maximum absolute atomic E-state index is 15.7. The molecule has 0 bridgehead atoms. The molecule has 19 nitrogen and oxygen atoms in total. The Morgan fingerprint density at radius 3 is 2.58 bits per heavy atom. The Hall–Kier alpha value is -7.63. The van der Waals surface area contributed by atoms with E-state index in [0.717, 1.165) is 40.6 Å². The van der Waals surface area contributed by atoms with Crippen LogP contribution in [0.3, 0.4) is 0 Å². The smallest absolute Gasteiger partial charge is 0.274 e. The van der Waals surface area contributed by atoms with Crippen molar-refractivity contribution in [2.75, 3.05) is 43.9 Å². The Kier molecular flexibility index (Phi) is 13.6. The molecule has 23 heteroatoms. The number of carbonyl (C=O) groups is 3. The second-order valence-corrected chi connectivity index (χ2v) is 24.1. The number of sulfone groups is 1. The van der Waals surface area contributed by atoms with Crippen LogP contribution in [-0.2, 0) is 44.3 Å². The van der Waals surface area contributed by atoms with E-state index in [4.69, 9.17) is 14.3 Å².